The Bertz CT molecular complexity index is 894. The second-order valence-corrected chi connectivity index (χ2v) is 6.21. The summed E-state index contributed by atoms with van der Waals surface area (Å²) >= 11 is 0. The molecule has 0 fully saturated rings. The van der Waals surface area contributed by atoms with Gasteiger partial charge < -0.3 is 15.4 Å². The summed E-state index contributed by atoms with van der Waals surface area (Å²) in [5, 5.41) is 5.43. The lowest BCUT2D eigenvalue weighted by Crippen LogP contribution is -2.37. The first-order valence-corrected chi connectivity index (χ1v) is 9.12. The van der Waals surface area contributed by atoms with E-state index in [1.54, 1.807) is 24.3 Å². The number of benzene rings is 3. The minimum absolute atomic E-state index is 0.0596. The van der Waals surface area contributed by atoms with Gasteiger partial charge in [0.1, 0.15) is 11.5 Å². The SMILES string of the molecule is O=C(CNC(=O)c1ccc(Oc2ccccc2)cc1)NCCc1ccccc1. The third-order valence-electron chi connectivity index (χ3n) is 4.08. The Kier molecular flexibility index (Phi) is 6.79. The van der Waals surface area contributed by atoms with Crippen LogP contribution in [-0.4, -0.2) is 24.9 Å². The van der Waals surface area contributed by atoms with Crippen LogP contribution in [0.5, 0.6) is 11.5 Å². The number of amides is 2. The van der Waals surface area contributed by atoms with Crippen LogP contribution in [0.25, 0.3) is 0 Å². The number of carbonyl (C=O) groups is 2. The second kappa shape index (κ2) is 9.92. The largest absolute Gasteiger partial charge is 0.457 e. The third kappa shape index (κ3) is 5.99. The number of hydrogen-bond donors (Lipinski definition) is 2. The van der Waals surface area contributed by atoms with Gasteiger partial charge >= 0.3 is 0 Å². The first-order chi connectivity index (χ1) is 13.7. The average molecular weight is 374 g/mol. The number of carbonyl (C=O) groups excluding carboxylic acids is 2. The van der Waals surface area contributed by atoms with Crippen molar-refractivity contribution in [3.05, 3.63) is 96.1 Å². The quantitative estimate of drug-likeness (QED) is 0.633. The molecule has 0 aromatic heterocycles. The van der Waals surface area contributed by atoms with Gasteiger partial charge in [-0.05, 0) is 48.4 Å². The molecular formula is C23H22N2O3. The van der Waals surface area contributed by atoms with Gasteiger partial charge in [0.2, 0.25) is 5.91 Å². The third-order valence-corrected chi connectivity index (χ3v) is 4.08. The molecule has 0 spiro atoms. The molecule has 142 valence electrons. The minimum Gasteiger partial charge on any atom is -0.457 e. The summed E-state index contributed by atoms with van der Waals surface area (Å²) in [5.41, 5.74) is 1.63. The zero-order valence-electron chi connectivity index (χ0n) is 15.4. The molecule has 0 heterocycles. The topological polar surface area (TPSA) is 67.4 Å². The fourth-order valence-electron chi connectivity index (χ4n) is 2.62. The van der Waals surface area contributed by atoms with E-state index in [0.29, 0.717) is 17.9 Å². The lowest BCUT2D eigenvalue weighted by molar-refractivity contribution is -0.120. The van der Waals surface area contributed by atoms with Crippen molar-refractivity contribution in [2.24, 2.45) is 0 Å². The van der Waals surface area contributed by atoms with Crippen LogP contribution >= 0.6 is 0 Å². The maximum absolute atomic E-state index is 12.2. The molecule has 2 amide bonds. The highest BCUT2D eigenvalue weighted by atomic mass is 16.5. The standard InChI is InChI=1S/C23H22N2O3/c26-22(24-16-15-18-7-3-1-4-8-18)17-25-23(27)19-11-13-21(14-12-19)28-20-9-5-2-6-10-20/h1-14H,15-17H2,(H,24,26)(H,25,27). The Labute approximate surface area is 164 Å². The van der Waals surface area contributed by atoms with Crippen LogP contribution in [0.1, 0.15) is 15.9 Å². The zero-order chi connectivity index (χ0) is 19.6. The Balaban J connectivity index is 1.41. The van der Waals surface area contributed by atoms with E-state index in [0.717, 1.165) is 17.7 Å². The van der Waals surface area contributed by atoms with Gasteiger partial charge in [-0.2, -0.15) is 0 Å². The van der Waals surface area contributed by atoms with Gasteiger partial charge in [-0.3, -0.25) is 9.59 Å². The molecule has 0 aliphatic carbocycles. The Hall–Kier alpha value is -3.60. The minimum atomic E-state index is -0.301. The number of ether oxygens (including phenoxy) is 1. The fraction of sp³-hybridized carbons (Fsp3) is 0.130. The average Bonchev–Trinajstić information content (AvgIpc) is 2.74. The molecule has 0 aliphatic heterocycles. The molecule has 3 aromatic carbocycles. The highest BCUT2D eigenvalue weighted by Crippen LogP contribution is 2.21. The van der Waals surface area contributed by atoms with E-state index in [-0.39, 0.29) is 18.4 Å². The molecule has 3 rings (SSSR count). The predicted octanol–water partition coefficient (Wildman–Crippen LogP) is 3.57. The summed E-state index contributed by atoms with van der Waals surface area (Å²) in [6.07, 6.45) is 0.753. The van der Waals surface area contributed by atoms with Crippen molar-refractivity contribution >= 4 is 11.8 Å². The first-order valence-electron chi connectivity index (χ1n) is 9.12. The molecule has 5 heteroatoms. The van der Waals surface area contributed by atoms with Crippen molar-refractivity contribution < 1.29 is 14.3 Å². The number of hydrogen-bond acceptors (Lipinski definition) is 3. The fourth-order valence-corrected chi connectivity index (χ4v) is 2.62. The number of para-hydroxylation sites is 1. The monoisotopic (exact) mass is 374 g/mol. The summed E-state index contributed by atoms with van der Waals surface area (Å²) in [6, 6.07) is 26.1. The van der Waals surface area contributed by atoms with Crippen LogP contribution in [0.3, 0.4) is 0 Å². The first kappa shape index (κ1) is 19.2. The smallest absolute Gasteiger partial charge is 0.251 e. The van der Waals surface area contributed by atoms with Gasteiger partial charge in [-0.1, -0.05) is 48.5 Å². The molecule has 5 nitrogen and oxygen atoms in total. The molecule has 0 saturated carbocycles. The number of rotatable bonds is 8. The maximum Gasteiger partial charge on any atom is 0.251 e. The van der Waals surface area contributed by atoms with Gasteiger partial charge in [0, 0.05) is 12.1 Å². The molecule has 0 saturated heterocycles. The predicted molar refractivity (Wildman–Crippen MR) is 108 cm³/mol. The van der Waals surface area contributed by atoms with Gasteiger partial charge in [-0.15, -0.1) is 0 Å². The lowest BCUT2D eigenvalue weighted by Gasteiger charge is -2.08. The molecule has 28 heavy (non-hydrogen) atoms. The van der Waals surface area contributed by atoms with Gasteiger partial charge in [0.25, 0.3) is 5.91 Å². The molecule has 0 radical (unpaired) electrons. The molecule has 0 unspecified atom stereocenters. The summed E-state index contributed by atoms with van der Waals surface area (Å²) in [5.74, 6) is 0.853. The maximum atomic E-state index is 12.2. The van der Waals surface area contributed by atoms with E-state index in [1.807, 2.05) is 60.7 Å². The van der Waals surface area contributed by atoms with Crippen molar-refractivity contribution in [2.75, 3.05) is 13.1 Å². The summed E-state index contributed by atoms with van der Waals surface area (Å²) in [7, 11) is 0. The van der Waals surface area contributed by atoms with Crippen molar-refractivity contribution in [1.29, 1.82) is 0 Å². The summed E-state index contributed by atoms with van der Waals surface area (Å²) in [4.78, 5) is 24.1. The second-order valence-electron chi connectivity index (χ2n) is 6.21. The van der Waals surface area contributed by atoms with E-state index in [9.17, 15) is 9.59 Å². The van der Waals surface area contributed by atoms with Crippen LogP contribution in [0, 0.1) is 0 Å². The van der Waals surface area contributed by atoms with Crippen molar-refractivity contribution in [3.8, 4) is 11.5 Å². The molecule has 0 aliphatic rings. The lowest BCUT2D eigenvalue weighted by atomic mass is 10.1. The summed E-state index contributed by atoms with van der Waals surface area (Å²) < 4.78 is 5.70. The Morgan fingerprint density at radius 1 is 0.714 bits per heavy atom. The van der Waals surface area contributed by atoms with E-state index in [4.69, 9.17) is 4.74 Å². The van der Waals surface area contributed by atoms with E-state index in [2.05, 4.69) is 10.6 Å². The molecule has 0 atom stereocenters. The Morgan fingerprint density at radius 2 is 1.32 bits per heavy atom. The molecule has 3 aromatic rings. The van der Waals surface area contributed by atoms with Crippen LogP contribution in [0.15, 0.2) is 84.9 Å². The number of nitrogens with one attached hydrogen (secondary N) is 2. The van der Waals surface area contributed by atoms with Gasteiger partial charge in [0.05, 0.1) is 6.54 Å². The normalized spacial score (nSPS) is 10.1. The Morgan fingerprint density at radius 3 is 2.00 bits per heavy atom. The van der Waals surface area contributed by atoms with Gasteiger partial charge in [-0.25, -0.2) is 0 Å². The van der Waals surface area contributed by atoms with Crippen LogP contribution in [0.4, 0.5) is 0 Å². The van der Waals surface area contributed by atoms with E-state index >= 15 is 0 Å². The summed E-state index contributed by atoms with van der Waals surface area (Å²) in [6.45, 7) is 0.472. The van der Waals surface area contributed by atoms with Crippen LogP contribution in [0.2, 0.25) is 0 Å². The van der Waals surface area contributed by atoms with Crippen molar-refractivity contribution in [1.82, 2.24) is 10.6 Å². The van der Waals surface area contributed by atoms with Crippen LogP contribution in [-0.2, 0) is 11.2 Å². The molecule has 2 N–H and O–H groups in total. The highest BCUT2D eigenvalue weighted by Gasteiger charge is 2.08. The van der Waals surface area contributed by atoms with Crippen LogP contribution < -0.4 is 15.4 Å². The van der Waals surface area contributed by atoms with Gasteiger partial charge in [0.15, 0.2) is 0 Å². The highest BCUT2D eigenvalue weighted by molar-refractivity contribution is 5.96. The molecular weight excluding hydrogens is 352 g/mol. The molecule has 0 bridgehead atoms. The zero-order valence-corrected chi connectivity index (χ0v) is 15.4. The van der Waals surface area contributed by atoms with E-state index < -0.39 is 0 Å². The van der Waals surface area contributed by atoms with Crippen molar-refractivity contribution in [2.45, 2.75) is 6.42 Å². The van der Waals surface area contributed by atoms with Crippen molar-refractivity contribution in [3.63, 3.8) is 0 Å². The van der Waals surface area contributed by atoms with E-state index in [1.165, 1.54) is 0 Å².